The van der Waals surface area contributed by atoms with Crippen LogP contribution in [0.1, 0.15) is 11.1 Å². The van der Waals surface area contributed by atoms with Crippen molar-refractivity contribution in [3.63, 3.8) is 0 Å². The molecule has 4 heteroatoms. The van der Waals surface area contributed by atoms with E-state index in [4.69, 9.17) is 0 Å². The fraction of sp³-hybridized carbons (Fsp3) is 0.200. The lowest BCUT2D eigenvalue weighted by molar-refractivity contribution is 1.00. The highest BCUT2D eigenvalue weighted by atomic mass is 32.1. The number of hydrogen-bond donors (Lipinski definition) is 1. The zero-order chi connectivity index (χ0) is 13.1. The predicted octanol–water partition coefficient (Wildman–Crippen LogP) is 3.65. The molecule has 19 heavy (non-hydrogen) atoms. The van der Waals surface area contributed by atoms with Gasteiger partial charge in [0.2, 0.25) is 0 Å². The van der Waals surface area contributed by atoms with Crippen LogP contribution in [0.4, 0.5) is 5.82 Å². The molecule has 2 aromatic heterocycles. The van der Waals surface area contributed by atoms with Crippen molar-refractivity contribution in [1.29, 1.82) is 0 Å². The van der Waals surface area contributed by atoms with Crippen LogP contribution in [0, 0.1) is 6.92 Å². The Labute approximate surface area is 116 Å². The maximum Gasteiger partial charge on any atom is 0.147 e. The van der Waals surface area contributed by atoms with E-state index in [0.29, 0.717) is 0 Å². The maximum atomic E-state index is 4.32. The third kappa shape index (κ3) is 2.74. The van der Waals surface area contributed by atoms with Gasteiger partial charge in [0, 0.05) is 6.54 Å². The molecule has 0 amide bonds. The lowest BCUT2D eigenvalue weighted by Gasteiger charge is -2.06. The molecule has 2 heterocycles. The summed E-state index contributed by atoms with van der Waals surface area (Å²) in [5.41, 5.74) is 3.67. The second kappa shape index (κ2) is 5.36. The largest absolute Gasteiger partial charge is 0.368 e. The molecule has 0 saturated carbocycles. The Hall–Kier alpha value is -1.94. The van der Waals surface area contributed by atoms with E-state index in [9.17, 15) is 0 Å². The van der Waals surface area contributed by atoms with Crippen LogP contribution in [-0.2, 0) is 6.42 Å². The molecule has 0 aliphatic carbocycles. The highest BCUT2D eigenvalue weighted by Gasteiger charge is 2.03. The molecule has 1 aromatic carbocycles. The normalized spacial score (nSPS) is 10.8. The first kappa shape index (κ1) is 12.1. The zero-order valence-electron chi connectivity index (χ0n) is 10.8. The van der Waals surface area contributed by atoms with Gasteiger partial charge in [0.15, 0.2) is 0 Å². The lowest BCUT2D eigenvalue weighted by atomic mass is 10.1. The highest BCUT2D eigenvalue weighted by Crippen LogP contribution is 2.24. The van der Waals surface area contributed by atoms with Crippen LogP contribution < -0.4 is 5.32 Å². The van der Waals surface area contributed by atoms with Crippen molar-refractivity contribution in [3.05, 3.63) is 53.2 Å². The van der Waals surface area contributed by atoms with Crippen LogP contribution >= 0.6 is 11.3 Å². The molecule has 0 spiro atoms. The summed E-state index contributed by atoms with van der Waals surface area (Å²) in [6.07, 6.45) is 2.61. The molecule has 3 nitrogen and oxygen atoms in total. The van der Waals surface area contributed by atoms with Gasteiger partial charge in [-0.25, -0.2) is 9.97 Å². The highest BCUT2D eigenvalue weighted by molar-refractivity contribution is 7.17. The summed E-state index contributed by atoms with van der Waals surface area (Å²) in [6, 6.07) is 10.6. The number of nitrogens with zero attached hydrogens (tertiary/aromatic N) is 2. The Balaban J connectivity index is 1.68. The van der Waals surface area contributed by atoms with Crippen molar-refractivity contribution in [2.24, 2.45) is 0 Å². The summed E-state index contributed by atoms with van der Waals surface area (Å²) >= 11 is 1.68. The van der Waals surface area contributed by atoms with Crippen LogP contribution in [-0.4, -0.2) is 16.5 Å². The average Bonchev–Trinajstić information content (AvgIpc) is 2.88. The molecule has 0 unspecified atom stereocenters. The van der Waals surface area contributed by atoms with Crippen molar-refractivity contribution in [2.45, 2.75) is 13.3 Å². The summed E-state index contributed by atoms with van der Waals surface area (Å²) in [5, 5.41) is 5.45. The molecule has 3 rings (SSSR count). The number of nitrogens with one attached hydrogen (secondary N) is 1. The van der Waals surface area contributed by atoms with Gasteiger partial charge in [-0.05, 0) is 30.4 Å². The first-order valence-corrected chi connectivity index (χ1v) is 7.18. The summed E-state index contributed by atoms with van der Waals surface area (Å²) < 4.78 is 1.13. The maximum absolute atomic E-state index is 4.32. The van der Waals surface area contributed by atoms with Gasteiger partial charge in [-0.1, -0.05) is 29.8 Å². The van der Waals surface area contributed by atoms with Crippen molar-refractivity contribution in [2.75, 3.05) is 11.9 Å². The first-order valence-electron chi connectivity index (χ1n) is 6.30. The van der Waals surface area contributed by atoms with Gasteiger partial charge < -0.3 is 5.32 Å². The van der Waals surface area contributed by atoms with Gasteiger partial charge in [-0.2, -0.15) is 0 Å². The number of rotatable bonds is 4. The van der Waals surface area contributed by atoms with E-state index in [1.54, 1.807) is 17.7 Å². The average molecular weight is 269 g/mol. The third-order valence-corrected chi connectivity index (χ3v) is 3.94. The van der Waals surface area contributed by atoms with Crippen LogP contribution in [0.3, 0.4) is 0 Å². The van der Waals surface area contributed by atoms with Gasteiger partial charge in [0.25, 0.3) is 0 Å². The molecule has 3 aromatic rings. The van der Waals surface area contributed by atoms with Gasteiger partial charge in [0.05, 0.1) is 10.2 Å². The minimum absolute atomic E-state index is 0.882. The molecule has 0 radical (unpaired) electrons. The van der Waals surface area contributed by atoms with Gasteiger partial charge >= 0.3 is 0 Å². The second-order valence-corrected chi connectivity index (χ2v) is 5.44. The van der Waals surface area contributed by atoms with Gasteiger partial charge in [-0.15, -0.1) is 11.3 Å². The smallest absolute Gasteiger partial charge is 0.147 e. The van der Waals surface area contributed by atoms with Gasteiger partial charge in [0.1, 0.15) is 12.1 Å². The molecule has 0 aliphatic rings. The molecule has 96 valence electrons. The Kier molecular flexibility index (Phi) is 3.42. The summed E-state index contributed by atoms with van der Waals surface area (Å²) in [7, 11) is 0. The second-order valence-electron chi connectivity index (χ2n) is 4.52. The Morgan fingerprint density at radius 3 is 3.05 bits per heavy atom. The molecule has 0 aliphatic heterocycles. The number of hydrogen-bond acceptors (Lipinski definition) is 4. The fourth-order valence-electron chi connectivity index (χ4n) is 2.11. The number of benzene rings is 1. The number of fused-ring (bicyclic) bond motifs is 1. The van der Waals surface area contributed by atoms with E-state index in [-0.39, 0.29) is 0 Å². The topological polar surface area (TPSA) is 37.8 Å². The van der Waals surface area contributed by atoms with Crippen LogP contribution in [0.5, 0.6) is 0 Å². The van der Waals surface area contributed by atoms with E-state index in [1.807, 2.05) is 11.4 Å². The van der Waals surface area contributed by atoms with E-state index >= 15 is 0 Å². The van der Waals surface area contributed by atoms with E-state index in [2.05, 4.69) is 46.5 Å². The first-order chi connectivity index (χ1) is 9.33. The molecule has 0 atom stereocenters. The van der Waals surface area contributed by atoms with E-state index in [0.717, 1.165) is 29.0 Å². The number of aryl methyl sites for hydroxylation is 1. The van der Waals surface area contributed by atoms with Crippen LogP contribution in [0.2, 0.25) is 0 Å². The Bertz CT molecular complexity index is 690. The summed E-state index contributed by atoms with van der Waals surface area (Å²) in [5.74, 6) is 0.938. The number of aromatic nitrogens is 2. The Morgan fingerprint density at radius 2 is 2.16 bits per heavy atom. The minimum Gasteiger partial charge on any atom is -0.368 e. The number of thiophene rings is 1. The van der Waals surface area contributed by atoms with Gasteiger partial charge in [-0.3, -0.25) is 0 Å². The molecule has 0 bridgehead atoms. The monoisotopic (exact) mass is 269 g/mol. The van der Waals surface area contributed by atoms with Crippen molar-refractivity contribution >= 4 is 27.4 Å². The molecule has 0 saturated heterocycles. The van der Waals surface area contributed by atoms with E-state index < -0.39 is 0 Å². The SMILES string of the molecule is Cc1cccc(CCNc2ncnc3ccsc23)c1. The standard InChI is InChI=1S/C15H15N3S/c1-11-3-2-4-12(9-11)5-7-16-15-14-13(6-8-19-14)17-10-18-15/h2-4,6,8-10H,5,7H2,1H3,(H,16,17,18). The van der Waals surface area contributed by atoms with Crippen LogP contribution in [0.15, 0.2) is 42.0 Å². The summed E-state index contributed by atoms with van der Waals surface area (Å²) in [4.78, 5) is 8.56. The molecular formula is C15H15N3S. The van der Waals surface area contributed by atoms with E-state index in [1.165, 1.54) is 11.1 Å². The minimum atomic E-state index is 0.882. The quantitative estimate of drug-likeness (QED) is 0.785. The fourth-order valence-corrected chi connectivity index (χ4v) is 2.92. The zero-order valence-corrected chi connectivity index (χ0v) is 11.6. The number of anilines is 1. The third-order valence-electron chi connectivity index (χ3n) is 3.03. The molecule has 1 N–H and O–H groups in total. The Morgan fingerprint density at radius 1 is 1.21 bits per heavy atom. The van der Waals surface area contributed by atoms with Crippen LogP contribution in [0.25, 0.3) is 10.2 Å². The molecular weight excluding hydrogens is 254 g/mol. The van der Waals surface area contributed by atoms with Crippen molar-refractivity contribution < 1.29 is 0 Å². The summed E-state index contributed by atoms with van der Waals surface area (Å²) in [6.45, 7) is 3.00. The van der Waals surface area contributed by atoms with Crippen molar-refractivity contribution in [1.82, 2.24) is 9.97 Å². The molecule has 0 fully saturated rings. The van der Waals surface area contributed by atoms with Crippen molar-refractivity contribution in [3.8, 4) is 0 Å². The lowest BCUT2D eigenvalue weighted by Crippen LogP contribution is -2.06. The predicted molar refractivity (Wildman–Crippen MR) is 80.8 cm³/mol.